The van der Waals surface area contributed by atoms with E-state index in [-0.39, 0.29) is 5.91 Å². The molecule has 1 unspecified atom stereocenters. The number of rotatable bonds is 3. The molecule has 114 valence electrons. The fraction of sp³-hybridized carbons (Fsp3) is 0.571. The molecular weight excluding hydrogens is 272 g/mol. The van der Waals surface area contributed by atoms with Gasteiger partial charge in [0, 0.05) is 26.2 Å². The van der Waals surface area contributed by atoms with E-state index in [1.54, 1.807) is 31.7 Å². The van der Waals surface area contributed by atoms with E-state index in [0.29, 0.717) is 43.1 Å². The SMILES string of the molecule is Cc1cc(C(=O)N2CCN(C(C)C(=O)O)CC2)c(C)nn1. The average molecular weight is 292 g/mol. The van der Waals surface area contributed by atoms with Crippen LogP contribution in [0.3, 0.4) is 0 Å². The number of carbonyl (C=O) groups is 2. The lowest BCUT2D eigenvalue weighted by Gasteiger charge is -2.36. The van der Waals surface area contributed by atoms with Crippen molar-refractivity contribution < 1.29 is 14.7 Å². The molecule has 21 heavy (non-hydrogen) atoms. The van der Waals surface area contributed by atoms with Crippen molar-refractivity contribution in [2.45, 2.75) is 26.8 Å². The number of amides is 1. The Labute approximate surface area is 123 Å². The first-order chi connectivity index (χ1) is 9.90. The fourth-order valence-corrected chi connectivity index (χ4v) is 2.41. The Morgan fingerprint density at radius 3 is 2.38 bits per heavy atom. The van der Waals surface area contributed by atoms with Crippen LogP contribution in [0.15, 0.2) is 6.07 Å². The quantitative estimate of drug-likeness (QED) is 0.863. The molecule has 1 aliphatic heterocycles. The molecule has 1 saturated heterocycles. The molecule has 0 bridgehead atoms. The number of carboxylic acids is 1. The minimum atomic E-state index is -0.834. The van der Waals surface area contributed by atoms with Crippen molar-refractivity contribution in [3.63, 3.8) is 0 Å². The number of hydrogen-bond donors (Lipinski definition) is 1. The first-order valence-corrected chi connectivity index (χ1v) is 6.97. The lowest BCUT2D eigenvalue weighted by Crippen LogP contribution is -2.53. The van der Waals surface area contributed by atoms with Gasteiger partial charge in [0.2, 0.25) is 0 Å². The number of aliphatic carboxylic acids is 1. The monoisotopic (exact) mass is 292 g/mol. The van der Waals surface area contributed by atoms with E-state index in [1.165, 1.54) is 0 Å². The highest BCUT2D eigenvalue weighted by molar-refractivity contribution is 5.95. The standard InChI is InChI=1S/C14H20N4O3/c1-9-8-12(10(2)16-15-9)13(19)18-6-4-17(5-7-18)11(3)14(20)21/h8,11H,4-7H2,1-3H3,(H,20,21). The van der Waals surface area contributed by atoms with Gasteiger partial charge in [0.05, 0.1) is 17.0 Å². The van der Waals surface area contributed by atoms with Crippen LogP contribution in [-0.2, 0) is 4.79 Å². The first-order valence-electron chi connectivity index (χ1n) is 6.97. The summed E-state index contributed by atoms with van der Waals surface area (Å²) in [6, 6.07) is 1.23. The maximum Gasteiger partial charge on any atom is 0.320 e. The highest BCUT2D eigenvalue weighted by atomic mass is 16.4. The summed E-state index contributed by atoms with van der Waals surface area (Å²) in [6.45, 7) is 7.41. The third-order valence-electron chi connectivity index (χ3n) is 3.84. The van der Waals surface area contributed by atoms with Crippen molar-refractivity contribution in [2.75, 3.05) is 26.2 Å². The van der Waals surface area contributed by atoms with Crippen LogP contribution in [0.4, 0.5) is 0 Å². The molecule has 7 heteroatoms. The maximum atomic E-state index is 12.5. The molecule has 0 radical (unpaired) electrons. The molecule has 1 fully saturated rings. The van der Waals surface area contributed by atoms with Crippen molar-refractivity contribution >= 4 is 11.9 Å². The van der Waals surface area contributed by atoms with Crippen LogP contribution in [0.2, 0.25) is 0 Å². The zero-order valence-corrected chi connectivity index (χ0v) is 12.5. The van der Waals surface area contributed by atoms with E-state index in [1.807, 2.05) is 4.90 Å². The van der Waals surface area contributed by atoms with E-state index < -0.39 is 12.0 Å². The smallest absolute Gasteiger partial charge is 0.320 e. The van der Waals surface area contributed by atoms with Crippen LogP contribution in [0.5, 0.6) is 0 Å². The van der Waals surface area contributed by atoms with Gasteiger partial charge < -0.3 is 10.0 Å². The van der Waals surface area contributed by atoms with Crippen molar-refractivity contribution in [1.29, 1.82) is 0 Å². The molecule has 0 aliphatic carbocycles. The largest absolute Gasteiger partial charge is 0.480 e. The summed E-state index contributed by atoms with van der Waals surface area (Å²) < 4.78 is 0. The molecule has 0 spiro atoms. The highest BCUT2D eigenvalue weighted by Crippen LogP contribution is 2.13. The van der Waals surface area contributed by atoms with Crippen molar-refractivity contribution in [1.82, 2.24) is 20.0 Å². The molecule has 1 aromatic heterocycles. The van der Waals surface area contributed by atoms with Crippen molar-refractivity contribution in [3.8, 4) is 0 Å². The predicted octanol–water partition coefficient (Wildman–Crippen LogP) is 0.324. The van der Waals surface area contributed by atoms with E-state index in [4.69, 9.17) is 5.11 Å². The number of aromatic nitrogens is 2. The van der Waals surface area contributed by atoms with Crippen LogP contribution in [-0.4, -0.2) is 69.2 Å². The normalized spacial score (nSPS) is 17.6. The third-order valence-corrected chi connectivity index (χ3v) is 3.84. The highest BCUT2D eigenvalue weighted by Gasteiger charge is 2.28. The molecule has 1 atom stereocenters. The summed E-state index contributed by atoms with van der Waals surface area (Å²) in [7, 11) is 0. The van der Waals surface area contributed by atoms with E-state index >= 15 is 0 Å². The van der Waals surface area contributed by atoms with E-state index in [0.717, 1.165) is 0 Å². The molecule has 1 amide bonds. The summed E-state index contributed by atoms with van der Waals surface area (Å²) in [6.07, 6.45) is 0. The number of carboxylic acid groups (broad SMARTS) is 1. The molecule has 1 aromatic rings. The van der Waals surface area contributed by atoms with Crippen LogP contribution < -0.4 is 0 Å². The molecule has 1 aliphatic rings. The number of nitrogens with zero attached hydrogens (tertiary/aromatic N) is 4. The Morgan fingerprint density at radius 2 is 1.81 bits per heavy atom. The molecule has 0 saturated carbocycles. The van der Waals surface area contributed by atoms with Crippen LogP contribution in [0, 0.1) is 13.8 Å². The molecule has 7 nitrogen and oxygen atoms in total. The Hall–Kier alpha value is -2.02. The lowest BCUT2D eigenvalue weighted by atomic mass is 10.1. The third kappa shape index (κ3) is 3.36. The van der Waals surface area contributed by atoms with E-state index in [9.17, 15) is 9.59 Å². The van der Waals surface area contributed by atoms with Crippen LogP contribution >= 0.6 is 0 Å². The average Bonchev–Trinajstić information content (AvgIpc) is 2.48. The molecule has 0 aromatic carbocycles. The number of carbonyl (C=O) groups excluding carboxylic acids is 1. The zero-order valence-electron chi connectivity index (χ0n) is 12.5. The summed E-state index contributed by atoms with van der Waals surface area (Å²) in [4.78, 5) is 27.1. The summed E-state index contributed by atoms with van der Waals surface area (Å²) in [5, 5.41) is 16.9. The topological polar surface area (TPSA) is 86.6 Å². The van der Waals surface area contributed by atoms with Crippen molar-refractivity contribution in [2.24, 2.45) is 0 Å². The Bertz CT molecular complexity index is 553. The lowest BCUT2D eigenvalue weighted by molar-refractivity contribution is -0.143. The first kappa shape index (κ1) is 15.4. The fourth-order valence-electron chi connectivity index (χ4n) is 2.41. The van der Waals surface area contributed by atoms with Crippen LogP contribution in [0.25, 0.3) is 0 Å². The van der Waals surface area contributed by atoms with Gasteiger partial charge in [-0.3, -0.25) is 14.5 Å². The Balaban J connectivity index is 2.03. The second-order valence-corrected chi connectivity index (χ2v) is 5.33. The van der Waals surface area contributed by atoms with Gasteiger partial charge in [-0.05, 0) is 26.8 Å². The second kappa shape index (κ2) is 6.17. The van der Waals surface area contributed by atoms with Gasteiger partial charge in [0.25, 0.3) is 5.91 Å². The molecular formula is C14H20N4O3. The second-order valence-electron chi connectivity index (χ2n) is 5.33. The van der Waals surface area contributed by atoms with Gasteiger partial charge in [-0.2, -0.15) is 10.2 Å². The van der Waals surface area contributed by atoms with E-state index in [2.05, 4.69) is 10.2 Å². The van der Waals surface area contributed by atoms with Gasteiger partial charge in [0.15, 0.2) is 0 Å². The minimum Gasteiger partial charge on any atom is -0.480 e. The number of hydrogen-bond acceptors (Lipinski definition) is 5. The van der Waals surface area contributed by atoms with Gasteiger partial charge in [-0.15, -0.1) is 0 Å². The number of piperazine rings is 1. The summed E-state index contributed by atoms with van der Waals surface area (Å²) in [5.41, 5.74) is 1.90. The molecule has 2 rings (SSSR count). The predicted molar refractivity (Wildman–Crippen MR) is 76.1 cm³/mol. The van der Waals surface area contributed by atoms with Crippen molar-refractivity contribution in [3.05, 3.63) is 23.0 Å². The van der Waals surface area contributed by atoms with Crippen LogP contribution in [0.1, 0.15) is 28.7 Å². The van der Waals surface area contributed by atoms with Gasteiger partial charge in [-0.1, -0.05) is 0 Å². The summed E-state index contributed by atoms with van der Waals surface area (Å²) in [5.74, 6) is -0.896. The maximum absolute atomic E-state index is 12.5. The number of aryl methyl sites for hydroxylation is 2. The zero-order chi connectivity index (χ0) is 15.6. The Kier molecular flexibility index (Phi) is 4.52. The molecule has 1 N–H and O–H groups in total. The van der Waals surface area contributed by atoms with Gasteiger partial charge in [0.1, 0.15) is 6.04 Å². The minimum absolute atomic E-state index is 0.0619. The Morgan fingerprint density at radius 1 is 1.19 bits per heavy atom. The molecule has 2 heterocycles. The summed E-state index contributed by atoms with van der Waals surface area (Å²) >= 11 is 0. The van der Waals surface area contributed by atoms with Gasteiger partial charge in [-0.25, -0.2) is 0 Å². The van der Waals surface area contributed by atoms with Gasteiger partial charge >= 0.3 is 5.97 Å².